The van der Waals surface area contributed by atoms with Gasteiger partial charge in [0.05, 0.1) is 0 Å². The Hall–Kier alpha value is -3.16. The molecule has 3 amide bonds. The third-order valence-electron chi connectivity index (χ3n) is 4.41. The second-order valence-corrected chi connectivity index (χ2v) is 6.37. The van der Waals surface area contributed by atoms with Crippen LogP contribution in [0.2, 0.25) is 0 Å². The third kappa shape index (κ3) is 5.18. The quantitative estimate of drug-likeness (QED) is 0.789. The summed E-state index contributed by atoms with van der Waals surface area (Å²) in [5.74, 6) is 0.00622. The van der Waals surface area contributed by atoms with Crippen LogP contribution in [0.3, 0.4) is 0 Å². The third-order valence-corrected chi connectivity index (χ3v) is 4.41. The number of alkyl halides is 2. The van der Waals surface area contributed by atoms with E-state index in [1.54, 1.807) is 42.5 Å². The summed E-state index contributed by atoms with van der Waals surface area (Å²) in [6.45, 7) is -1.35. The fourth-order valence-corrected chi connectivity index (χ4v) is 3.01. The Morgan fingerprint density at radius 2 is 1.71 bits per heavy atom. The number of urea groups is 1. The normalized spacial score (nSPS) is 13.5. The van der Waals surface area contributed by atoms with Gasteiger partial charge in [0, 0.05) is 36.4 Å². The molecule has 0 saturated carbocycles. The zero-order valence-electron chi connectivity index (χ0n) is 15.2. The molecule has 0 aromatic heterocycles. The topological polar surface area (TPSA) is 70.7 Å². The number of hydrogen-bond acceptors (Lipinski definition) is 3. The van der Waals surface area contributed by atoms with E-state index < -0.39 is 12.6 Å². The highest BCUT2D eigenvalue weighted by Gasteiger charge is 2.19. The van der Waals surface area contributed by atoms with Crippen molar-refractivity contribution in [2.75, 3.05) is 18.4 Å². The number of amides is 3. The largest absolute Gasteiger partial charge is 0.434 e. The smallest absolute Gasteiger partial charge is 0.387 e. The second kappa shape index (κ2) is 9.16. The molecule has 3 rings (SSSR count). The van der Waals surface area contributed by atoms with E-state index in [-0.39, 0.29) is 18.2 Å². The van der Waals surface area contributed by atoms with Crippen molar-refractivity contribution in [3.63, 3.8) is 0 Å². The minimum absolute atomic E-state index is 0.0101. The molecular formula is C20H21F2N3O3. The Balaban J connectivity index is 1.53. The first kappa shape index (κ1) is 19.6. The molecule has 1 fully saturated rings. The van der Waals surface area contributed by atoms with Crippen molar-refractivity contribution in [3.8, 4) is 5.75 Å². The van der Waals surface area contributed by atoms with Crippen LogP contribution in [0.25, 0.3) is 0 Å². The maximum absolute atomic E-state index is 12.4. The molecule has 6 nitrogen and oxygen atoms in total. The van der Waals surface area contributed by atoms with Gasteiger partial charge in [0.1, 0.15) is 5.75 Å². The van der Waals surface area contributed by atoms with Crippen molar-refractivity contribution in [3.05, 3.63) is 59.7 Å². The summed E-state index contributed by atoms with van der Waals surface area (Å²) in [7, 11) is 0. The SMILES string of the molecule is O=C(NCc1ccccc1OC(F)F)Nc1ccc(C(=O)N2CCCC2)cc1. The zero-order chi connectivity index (χ0) is 19.9. The van der Waals surface area contributed by atoms with Crippen molar-refractivity contribution in [1.29, 1.82) is 0 Å². The number of hydrogen-bond donors (Lipinski definition) is 2. The van der Waals surface area contributed by atoms with Crippen LogP contribution >= 0.6 is 0 Å². The van der Waals surface area contributed by atoms with Gasteiger partial charge in [0.25, 0.3) is 5.91 Å². The van der Waals surface area contributed by atoms with Gasteiger partial charge in [-0.2, -0.15) is 8.78 Å². The van der Waals surface area contributed by atoms with Crippen LogP contribution in [0.5, 0.6) is 5.75 Å². The number of likely N-dealkylation sites (tertiary alicyclic amines) is 1. The monoisotopic (exact) mass is 389 g/mol. The van der Waals surface area contributed by atoms with Crippen molar-refractivity contribution in [2.45, 2.75) is 26.0 Å². The first-order chi connectivity index (χ1) is 13.5. The van der Waals surface area contributed by atoms with Gasteiger partial charge in [-0.05, 0) is 43.2 Å². The summed E-state index contributed by atoms with van der Waals surface area (Å²) < 4.78 is 29.3. The average molecular weight is 389 g/mol. The molecule has 1 aliphatic heterocycles. The molecule has 1 aliphatic rings. The molecule has 1 heterocycles. The minimum Gasteiger partial charge on any atom is -0.434 e. The summed E-state index contributed by atoms with van der Waals surface area (Å²) >= 11 is 0. The molecule has 0 atom stereocenters. The highest BCUT2D eigenvalue weighted by atomic mass is 19.3. The van der Waals surface area contributed by atoms with Crippen LogP contribution in [0.4, 0.5) is 19.3 Å². The number of halogens is 2. The van der Waals surface area contributed by atoms with Crippen molar-refractivity contribution in [1.82, 2.24) is 10.2 Å². The Labute approximate surface area is 161 Å². The van der Waals surface area contributed by atoms with Crippen LogP contribution in [0.1, 0.15) is 28.8 Å². The zero-order valence-corrected chi connectivity index (χ0v) is 15.2. The highest BCUT2D eigenvalue weighted by Crippen LogP contribution is 2.20. The maximum Gasteiger partial charge on any atom is 0.387 e. The molecule has 0 radical (unpaired) electrons. The Morgan fingerprint density at radius 3 is 2.39 bits per heavy atom. The van der Waals surface area contributed by atoms with Crippen LogP contribution in [-0.4, -0.2) is 36.5 Å². The van der Waals surface area contributed by atoms with E-state index in [4.69, 9.17) is 0 Å². The lowest BCUT2D eigenvalue weighted by Crippen LogP contribution is -2.29. The number of nitrogens with zero attached hydrogens (tertiary/aromatic N) is 1. The number of carbonyl (C=O) groups is 2. The van der Waals surface area contributed by atoms with E-state index in [0.717, 1.165) is 25.9 Å². The fraction of sp³-hybridized carbons (Fsp3) is 0.300. The Kier molecular flexibility index (Phi) is 6.41. The van der Waals surface area contributed by atoms with E-state index in [1.807, 2.05) is 4.90 Å². The summed E-state index contributed by atoms with van der Waals surface area (Å²) in [6.07, 6.45) is 2.05. The molecule has 2 aromatic rings. The predicted octanol–water partition coefficient (Wildman–Crippen LogP) is 3.85. The molecule has 0 spiro atoms. The summed E-state index contributed by atoms with van der Waals surface area (Å²) in [4.78, 5) is 26.2. The van der Waals surface area contributed by atoms with Crippen LogP contribution in [-0.2, 0) is 6.54 Å². The van der Waals surface area contributed by atoms with Crippen molar-refractivity contribution < 1.29 is 23.1 Å². The molecule has 148 valence electrons. The lowest BCUT2D eigenvalue weighted by molar-refractivity contribution is -0.0504. The number of anilines is 1. The Bertz CT molecular complexity index is 822. The van der Waals surface area contributed by atoms with E-state index in [9.17, 15) is 18.4 Å². The molecule has 0 unspecified atom stereocenters. The molecule has 0 aliphatic carbocycles. The highest BCUT2D eigenvalue weighted by molar-refractivity contribution is 5.95. The molecular weight excluding hydrogens is 368 g/mol. The number of nitrogens with one attached hydrogen (secondary N) is 2. The number of ether oxygens (including phenoxy) is 1. The average Bonchev–Trinajstić information content (AvgIpc) is 3.22. The van der Waals surface area contributed by atoms with Gasteiger partial charge < -0.3 is 20.3 Å². The molecule has 0 bridgehead atoms. The van der Waals surface area contributed by atoms with E-state index in [1.165, 1.54) is 6.07 Å². The summed E-state index contributed by atoms with van der Waals surface area (Å²) in [5, 5.41) is 5.24. The molecule has 28 heavy (non-hydrogen) atoms. The second-order valence-electron chi connectivity index (χ2n) is 6.37. The van der Waals surface area contributed by atoms with Gasteiger partial charge in [0.15, 0.2) is 0 Å². The van der Waals surface area contributed by atoms with Gasteiger partial charge in [-0.25, -0.2) is 4.79 Å². The van der Waals surface area contributed by atoms with Crippen LogP contribution in [0, 0.1) is 0 Å². The molecule has 2 aromatic carbocycles. The van der Waals surface area contributed by atoms with E-state index in [0.29, 0.717) is 16.8 Å². The van der Waals surface area contributed by atoms with Gasteiger partial charge in [-0.15, -0.1) is 0 Å². The fourth-order valence-electron chi connectivity index (χ4n) is 3.01. The number of benzene rings is 2. The van der Waals surface area contributed by atoms with Gasteiger partial charge in [-0.3, -0.25) is 4.79 Å². The van der Waals surface area contributed by atoms with Crippen LogP contribution in [0.15, 0.2) is 48.5 Å². The first-order valence-electron chi connectivity index (χ1n) is 9.00. The van der Waals surface area contributed by atoms with Crippen molar-refractivity contribution >= 4 is 17.6 Å². The Morgan fingerprint density at radius 1 is 1.04 bits per heavy atom. The van der Waals surface area contributed by atoms with Gasteiger partial charge in [-0.1, -0.05) is 18.2 Å². The van der Waals surface area contributed by atoms with E-state index in [2.05, 4.69) is 15.4 Å². The first-order valence-corrected chi connectivity index (χ1v) is 9.00. The maximum atomic E-state index is 12.4. The number of rotatable bonds is 6. The van der Waals surface area contributed by atoms with E-state index >= 15 is 0 Å². The summed E-state index contributed by atoms with van der Waals surface area (Å²) in [5.41, 5.74) is 1.53. The van der Waals surface area contributed by atoms with Gasteiger partial charge >= 0.3 is 12.6 Å². The number of para-hydroxylation sites is 1. The lowest BCUT2D eigenvalue weighted by Gasteiger charge is -2.15. The van der Waals surface area contributed by atoms with Gasteiger partial charge in [0.2, 0.25) is 0 Å². The van der Waals surface area contributed by atoms with Crippen molar-refractivity contribution in [2.24, 2.45) is 0 Å². The number of carbonyl (C=O) groups excluding carboxylic acids is 2. The summed E-state index contributed by atoms with van der Waals surface area (Å²) in [6, 6.07) is 12.4. The molecule has 8 heteroatoms. The molecule has 2 N–H and O–H groups in total. The van der Waals surface area contributed by atoms with Crippen LogP contribution < -0.4 is 15.4 Å². The predicted molar refractivity (Wildman–Crippen MR) is 101 cm³/mol. The molecule has 1 saturated heterocycles. The minimum atomic E-state index is -2.93. The lowest BCUT2D eigenvalue weighted by atomic mass is 10.2. The standard InChI is InChI=1S/C20H21F2N3O3/c21-19(22)28-17-6-2-1-5-15(17)13-23-20(27)24-16-9-7-14(8-10-16)18(26)25-11-3-4-12-25/h1-2,5-10,19H,3-4,11-13H2,(H2,23,24,27).